The normalized spacial score (nSPS) is 11.0. The molecule has 0 atom stereocenters. The quantitative estimate of drug-likeness (QED) is 0.311. The van der Waals surface area contributed by atoms with E-state index in [-0.39, 0.29) is 5.25 Å². The Balaban J connectivity index is 1.51. The van der Waals surface area contributed by atoms with Crippen LogP contribution in [0, 0.1) is 0 Å². The van der Waals surface area contributed by atoms with Gasteiger partial charge in [-0.2, -0.15) is 0 Å². The van der Waals surface area contributed by atoms with E-state index in [1.165, 1.54) is 11.1 Å². The lowest BCUT2D eigenvalue weighted by Crippen LogP contribution is -2.28. The van der Waals surface area contributed by atoms with Crippen LogP contribution in [0.25, 0.3) is 11.0 Å². The maximum Gasteiger partial charge on any atom is 0.175 e. The summed E-state index contributed by atoms with van der Waals surface area (Å²) in [5, 5.41) is 11.8. The van der Waals surface area contributed by atoms with Crippen molar-refractivity contribution in [2.24, 2.45) is 0 Å². The van der Waals surface area contributed by atoms with Crippen LogP contribution in [-0.2, 0) is 11.2 Å². The largest absolute Gasteiger partial charge is 0.546 e. The Morgan fingerprint density at radius 2 is 1.56 bits per heavy atom. The molecular weight excluding hydrogens is 452 g/mol. The van der Waals surface area contributed by atoms with E-state index in [0.717, 1.165) is 34.6 Å². The number of hydrogen-bond donors (Lipinski definition) is 0. The third kappa shape index (κ3) is 5.48. The number of carbonyl (C=O) groups is 1. The van der Waals surface area contributed by atoms with E-state index < -0.39 is 12.6 Å². The number of methoxy groups -OCH3 is 2. The molecule has 4 aromatic rings. The summed E-state index contributed by atoms with van der Waals surface area (Å²) in [6.45, 7) is -0.517. The van der Waals surface area contributed by atoms with Crippen LogP contribution >= 0.6 is 11.8 Å². The van der Waals surface area contributed by atoms with Gasteiger partial charge in [0, 0.05) is 5.39 Å². The minimum Gasteiger partial charge on any atom is -0.546 e. The van der Waals surface area contributed by atoms with Crippen LogP contribution in [0.1, 0.15) is 21.9 Å². The number of benzene rings is 3. The van der Waals surface area contributed by atoms with Gasteiger partial charge in [-0.05, 0) is 59.2 Å². The zero-order chi connectivity index (χ0) is 23.9. The maximum absolute atomic E-state index is 10.7. The molecule has 0 aliphatic rings. The maximum atomic E-state index is 10.7. The van der Waals surface area contributed by atoms with E-state index in [1.807, 2.05) is 48.2 Å². The van der Waals surface area contributed by atoms with Gasteiger partial charge in [0.1, 0.15) is 18.1 Å². The van der Waals surface area contributed by atoms with Crippen molar-refractivity contribution in [3.05, 3.63) is 89.7 Å². The van der Waals surface area contributed by atoms with Gasteiger partial charge in [-0.15, -0.1) is 11.8 Å². The Bertz CT molecular complexity index is 1180. The van der Waals surface area contributed by atoms with Crippen molar-refractivity contribution in [2.75, 3.05) is 26.6 Å². The molecule has 1 aromatic heterocycles. The molecule has 3 aromatic carbocycles. The molecule has 0 saturated carbocycles. The molecule has 0 aliphatic heterocycles. The molecular formula is C27H25O6S-. The van der Waals surface area contributed by atoms with Crippen molar-refractivity contribution in [1.82, 2.24) is 0 Å². The van der Waals surface area contributed by atoms with Crippen LogP contribution in [0.5, 0.6) is 17.2 Å². The second-order valence-corrected chi connectivity index (χ2v) is 8.81. The first kappa shape index (κ1) is 23.6. The molecule has 0 amide bonds. The zero-order valence-corrected chi connectivity index (χ0v) is 19.8. The van der Waals surface area contributed by atoms with E-state index >= 15 is 0 Å². The van der Waals surface area contributed by atoms with E-state index in [4.69, 9.17) is 18.6 Å². The number of rotatable bonds is 11. The van der Waals surface area contributed by atoms with Gasteiger partial charge in [-0.3, -0.25) is 0 Å². The van der Waals surface area contributed by atoms with Crippen LogP contribution in [0.4, 0.5) is 0 Å². The molecule has 4 rings (SSSR count). The highest BCUT2D eigenvalue weighted by atomic mass is 32.2. The average Bonchev–Trinajstić information content (AvgIpc) is 3.29. The van der Waals surface area contributed by atoms with Crippen LogP contribution in [0.3, 0.4) is 0 Å². The highest BCUT2D eigenvalue weighted by Gasteiger charge is 2.17. The number of hydrogen-bond acceptors (Lipinski definition) is 7. The number of aliphatic carboxylic acids is 1. The first-order valence-corrected chi connectivity index (χ1v) is 11.8. The molecule has 176 valence electrons. The van der Waals surface area contributed by atoms with Gasteiger partial charge < -0.3 is 28.5 Å². The topological polar surface area (TPSA) is 81.0 Å². The number of carboxylic acid groups (broad SMARTS) is 1. The molecule has 0 spiro atoms. The Hall–Kier alpha value is -3.58. The molecule has 0 radical (unpaired) electrons. The number of aryl methyl sites for hydroxylation is 1. The van der Waals surface area contributed by atoms with E-state index in [0.29, 0.717) is 11.3 Å². The SMILES string of the molecule is COc1ccc(C(SCCc2coc3c(OCC(=O)[O-])cccc23)c2ccc(OC)cc2)cc1. The van der Waals surface area contributed by atoms with Crippen LogP contribution < -0.4 is 19.3 Å². The van der Waals surface area contributed by atoms with Crippen molar-refractivity contribution in [2.45, 2.75) is 11.7 Å². The molecule has 0 saturated heterocycles. The summed E-state index contributed by atoms with van der Waals surface area (Å²) in [4.78, 5) is 10.7. The predicted molar refractivity (Wildman–Crippen MR) is 131 cm³/mol. The van der Waals surface area contributed by atoms with E-state index in [9.17, 15) is 9.90 Å². The fraction of sp³-hybridized carbons (Fsp3) is 0.222. The van der Waals surface area contributed by atoms with Gasteiger partial charge in [0.2, 0.25) is 0 Å². The summed E-state index contributed by atoms with van der Waals surface area (Å²) in [5.41, 5.74) is 3.96. The molecule has 0 aliphatic carbocycles. The first-order valence-electron chi connectivity index (χ1n) is 10.8. The van der Waals surface area contributed by atoms with E-state index in [1.54, 1.807) is 26.5 Å². The number of carbonyl (C=O) groups excluding carboxylic acids is 1. The number of para-hydroxylation sites is 1. The van der Waals surface area contributed by atoms with Gasteiger partial charge in [0.15, 0.2) is 11.3 Å². The van der Waals surface area contributed by atoms with Crippen molar-refractivity contribution in [3.63, 3.8) is 0 Å². The summed E-state index contributed by atoms with van der Waals surface area (Å²) in [5.74, 6) is 1.62. The van der Waals surface area contributed by atoms with Crippen LogP contribution in [0.2, 0.25) is 0 Å². The van der Waals surface area contributed by atoms with Gasteiger partial charge in [0.25, 0.3) is 0 Å². The fourth-order valence-corrected chi connectivity index (χ4v) is 5.03. The standard InChI is InChI=1S/C27H26O6S/c1-30-21-10-6-18(7-11-21)27(19-8-12-22(31-2)13-9-19)34-15-14-20-16-33-26-23(20)4-3-5-24(26)32-17-25(28)29/h3-13,16,27H,14-15,17H2,1-2H3,(H,28,29)/p-1. The van der Waals surface area contributed by atoms with Gasteiger partial charge in [-0.25, -0.2) is 0 Å². The molecule has 0 bridgehead atoms. The lowest BCUT2D eigenvalue weighted by atomic mass is 10.0. The van der Waals surface area contributed by atoms with Crippen molar-refractivity contribution in [1.29, 1.82) is 0 Å². The smallest absolute Gasteiger partial charge is 0.175 e. The number of thioether (sulfide) groups is 1. The van der Waals surface area contributed by atoms with Gasteiger partial charge in [-0.1, -0.05) is 36.4 Å². The Kier molecular flexibility index (Phi) is 7.65. The highest BCUT2D eigenvalue weighted by Crippen LogP contribution is 2.38. The number of fused-ring (bicyclic) bond motifs is 1. The number of carboxylic acids is 1. The summed E-state index contributed by atoms with van der Waals surface area (Å²) in [7, 11) is 3.32. The highest BCUT2D eigenvalue weighted by molar-refractivity contribution is 7.99. The zero-order valence-electron chi connectivity index (χ0n) is 19.0. The third-order valence-electron chi connectivity index (χ3n) is 5.48. The summed E-state index contributed by atoms with van der Waals surface area (Å²) in [6, 6.07) is 21.7. The average molecular weight is 478 g/mol. The minimum atomic E-state index is -1.27. The van der Waals surface area contributed by atoms with E-state index in [2.05, 4.69) is 24.3 Å². The lowest BCUT2D eigenvalue weighted by molar-refractivity contribution is -0.307. The van der Waals surface area contributed by atoms with Crippen molar-refractivity contribution < 1.29 is 28.5 Å². The minimum absolute atomic E-state index is 0.136. The molecule has 0 unspecified atom stereocenters. The molecule has 34 heavy (non-hydrogen) atoms. The fourth-order valence-electron chi connectivity index (χ4n) is 3.76. The molecule has 0 fully saturated rings. The van der Waals surface area contributed by atoms with Crippen LogP contribution in [0.15, 0.2) is 77.4 Å². The van der Waals surface area contributed by atoms with Gasteiger partial charge >= 0.3 is 0 Å². The first-order chi connectivity index (χ1) is 16.6. The molecule has 7 heteroatoms. The Morgan fingerprint density at radius 3 is 2.12 bits per heavy atom. The van der Waals surface area contributed by atoms with Crippen molar-refractivity contribution >= 4 is 28.7 Å². The number of ether oxygens (including phenoxy) is 3. The second-order valence-electron chi connectivity index (χ2n) is 7.60. The number of furan rings is 1. The second kappa shape index (κ2) is 11.0. The molecule has 6 nitrogen and oxygen atoms in total. The molecule has 1 heterocycles. The van der Waals surface area contributed by atoms with Crippen molar-refractivity contribution in [3.8, 4) is 17.2 Å². The monoisotopic (exact) mass is 477 g/mol. The third-order valence-corrected chi connectivity index (χ3v) is 6.80. The summed E-state index contributed by atoms with van der Waals surface area (Å²) >= 11 is 1.84. The predicted octanol–water partition coefficient (Wildman–Crippen LogP) is 4.64. The Labute approximate surface area is 202 Å². The Morgan fingerprint density at radius 1 is 0.941 bits per heavy atom. The summed E-state index contributed by atoms with van der Waals surface area (Å²) < 4.78 is 21.7. The molecule has 0 N–H and O–H groups in total. The van der Waals surface area contributed by atoms with Crippen LogP contribution in [-0.4, -0.2) is 32.5 Å². The lowest BCUT2D eigenvalue weighted by Gasteiger charge is -2.18. The van der Waals surface area contributed by atoms with Gasteiger partial charge in [0.05, 0.1) is 31.7 Å². The summed E-state index contributed by atoms with van der Waals surface area (Å²) in [6.07, 6.45) is 2.50.